The van der Waals surface area contributed by atoms with Crippen LogP contribution in [0.1, 0.15) is 35.2 Å². The van der Waals surface area contributed by atoms with E-state index < -0.39 is 0 Å². The van der Waals surface area contributed by atoms with Crippen molar-refractivity contribution in [2.45, 2.75) is 37.1 Å². The van der Waals surface area contributed by atoms with Crippen molar-refractivity contribution in [2.75, 3.05) is 13.4 Å². The quantitative estimate of drug-likeness (QED) is 0.841. The second-order valence-corrected chi connectivity index (χ2v) is 6.08. The molecule has 1 aromatic rings. The molecule has 1 aliphatic carbocycles. The van der Waals surface area contributed by atoms with Crippen LogP contribution in [0.5, 0.6) is 0 Å². The fourth-order valence-corrected chi connectivity index (χ4v) is 3.27. The van der Waals surface area contributed by atoms with E-state index in [2.05, 4.69) is 16.3 Å². The van der Waals surface area contributed by atoms with E-state index in [0.717, 1.165) is 11.8 Å². The van der Waals surface area contributed by atoms with Crippen molar-refractivity contribution < 1.29 is 9.53 Å². The van der Waals surface area contributed by atoms with E-state index in [4.69, 9.17) is 0 Å². The Bertz CT molecular complexity index is 419. The minimum absolute atomic E-state index is 0.280. The number of methoxy groups -OCH3 is 1. The highest BCUT2D eigenvalue weighted by atomic mass is 32.2. The molecule has 2 atom stereocenters. The molecule has 0 saturated heterocycles. The first-order valence-corrected chi connectivity index (χ1v) is 7.95. The zero-order valence-electron chi connectivity index (χ0n) is 11.5. The number of rotatable bonds is 5. The van der Waals surface area contributed by atoms with Crippen molar-refractivity contribution in [3.8, 4) is 0 Å². The van der Waals surface area contributed by atoms with Crippen LogP contribution in [-0.2, 0) is 11.3 Å². The van der Waals surface area contributed by atoms with Crippen molar-refractivity contribution >= 4 is 17.7 Å². The maximum absolute atomic E-state index is 11.3. The van der Waals surface area contributed by atoms with Crippen LogP contribution in [-0.4, -0.2) is 30.6 Å². The Hall–Kier alpha value is -1.00. The summed E-state index contributed by atoms with van der Waals surface area (Å²) in [6.45, 7) is 0.868. The number of hydrogen-bond donors (Lipinski definition) is 1. The molecule has 0 radical (unpaired) electrons. The molecule has 1 aromatic carbocycles. The summed E-state index contributed by atoms with van der Waals surface area (Å²) in [7, 11) is 1.40. The van der Waals surface area contributed by atoms with Crippen LogP contribution in [0.4, 0.5) is 0 Å². The molecule has 0 bridgehead atoms. The van der Waals surface area contributed by atoms with Gasteiger partial charge in [0.15, 0.2) is 0 Å². The molecule has 1 saturated carbocycles. The SMILES string of the molecule is COC(=O)c1ccc(CN[C@@H]2CC[C@H](SC)C2)cc1. The molecule has 104 valence electrons. The number of carbonyl (C=O) groups is 1. The average Bonchev–Trinajstić information content (AvgIpc) is 2.93. The van der Waals surface area contributed by atoms with Crippen LogP contribution < -0.4 is 5.32 Å². The monoisotopic (exact) mass is 279 g/mol. The third-order valence-corrected chi connectivity index (χ3v) is 4.78. The van der Waals surface area contributed by atoms with E-state index in [9.17, 15) is 4.79 Å². The smallest absolute Gasteiger partial charge is 0.337 e. The lowest BCUT2D eigenvalue weighted by Crippen LogP contribution is -2.26. The lowest BCUT2D eigenvalue weighted by molar-refractivity contribution is 0.0600. The summed E-state index contributed by atoms with van der Waals surface area (Å²) in [6.07, 6.45) is 6.05. The van der Waals surface area contributed by atoms with E-state index in [0.29, 0.717) is 11.6 Å². The van der Waals surface area contributed by atoms with Gasteiger partial charge in [-0.25, -0.2) is 4.79 Å². The summed E-state index contributed by atoms with van der Waals surface area (Å²) in [5.41, 5.74) is 1.81. The number of thioether (sulfide) groups is 1. The van der Waals surface area contributed by atoms with Gasteiger partial charge in [-0.3, -0.25) is 0 Å². The van der Waals surface area contributed by atoms with E-state index in [-0.39, 0.29) is 5.97 Å². The summed E-state index contributed by atoms with van der Waals surface area (Å²) >= 11 is 1.97. The largest absolute Gasteiger partial charge is 0.465 e. The molecule has 0 amide bonds. The predicted molar refractivity (Wildman–Crippen MR) is 79.6 cm³/mol. The van der Waals surface area contributed by atoms with Gasteiger partial charge in [0, 0.05) is 17.8 Å². The van der Waals surface area contributed by atoms with Crippen molar-refractivity contribution in [3.63, 3.8) is 0 Å². The number of benzene rings is 1. The Morgan fingerprint density at radius 3 is 2.68 bits per heavy atom. The number of carbonyl (C=O) groups excluding carboxylic acids is 1. The molecule has 19 heavy (non-hydrogen) atoms. The second-order valence-electron chi connectivity index (χ2n) is 4.94. The summed E-state index contributed by atoms with van der Waals surface area (Å²) in [5.74, 6) is -0.280. The minimum Gasteiger partial charge on any atom is -0.465 e. The first kappa shape index (κ1) is 14.4. The van der Waals surface area contributed by atoms with Crippen molar-refractivity contribution in [1.82, 2.24) is 5.32 Å². The normalized spacial score (nSPS) is 22.4. The molecule has 0 unspecified atom stereocenters. The van der Waals surface area contributed by atoms with Crippen molar-refractivity contribution in [2.24, 2.45) is 0 Å². The average molecular weight is 279 g/mol. The van der Waals surface area contributed by atoms with Gasteiger partial charge in [0.25, 0.3) is 0 Å². The lowest BCUT2D eigenvalue weighted by Gasteiger charge is -2.12. The van der Waals surface area contributed by atoms with E-state index in [1.54, 1.807) is 0 Å². The Morgan fingerprint density at radius 2 is 2.11 bits per heavy atom. The van der Waals surface area contributed by atoms with E-state index >= 15 is 0 Å². The van der Waals surface area contributed by atoms with Crippen molar-refractivity contribution in [3.05, 3.63) is 35.4 Å². The third-order valence-electron chi connectivity index (χ3n) is 3.69. The molecule has 3 nitrogen and oxygen atoms in total. The summed E-state index contributed by atoms with van der Waals surface area (Å²) in [6, 6.07) is 8.25. The highest BCUT2D eigenvalue weighted by molar-refractivity contribution is 7.99. The van der Waals surface area contributed by atoms with Crippen molar-refractivity contribution in [1.29, 1.82) is 0 Å². The zero-order chi connectivity index (χ0) is 13.7. The Balaban J connectivity index is 1.82. The minimum atomic E-state index is -0.280. The molecule has 1 aliphatic rings. The van der Waals surface area contributed by atoms with Crippen LogP contribution in [0.3, 0.4) is 0 Å². The van der Waals surface area contributed by atoms with Gasteiger partial charge in [0.05, 0.1) is 12.7 Å². The molecule has 1 fully saturated rings. The van der Waals surface area contributed by atoms with Gasteiger partial charge in [0.1, 0.15) is 0 Å². The lowest BCUT2D eigenvalue weighted by atomic mass is 10.1. The third kappa shape index (κ3) is 3.98. The van der Waals surface area contributed by atoms with Gasteiger partial charge in [-0.1, -0.05) is 12.1 Å². The van der Waals surface area contributed by atoms with Crippen LogP contribution in [0.25, 0.3) is 0 Å². The van der Waals surface area contributed by atoms with Crippen LogP contribution in [0.2, 0.25) is 0 Å². The number of hydrogen-bond acceptors (Lipinski definition) is 4. The van der Waals surface area contributed by atoms with Crippen LogP contribution in [0.15, 0.2) is 24.3 Å². The molecule has 0 spiro atoms. The fourth-order valence-electron chi connectivity index (χ4n) is 2.48. The number of esters is 1. The maximum Gasteiger partial charge on any atom is 0.337 e. The Morgan fingerprint density at radius 1 is 1.37 bits per heavy atom. The number of ether oxygens (including phenoxy) is 1. The molecule has 2 rings (SSSR count). The first-order valence-electron chi connectivity index (χ1n) is 6.66. The van der Waals surface area contributed by atoms with Crippen LogP contribution >= 0.6 is 11.8 Å². The Labute approximate surface area is 119 Å². The molecular formula is C15H21NO2S. The standard InChI is InChI=1S/C15H21NO2S/c1-18-15(17)12-5-3-11(4-6-12)10-16-13-7-8-14(9-13)19-2/h3-6,13-14,16H,7-10H2,1-2H3/t13-,14+/m1/s1. The molecule has 1 N–H and O–H groups in total. The summed E-state index contributed by atoms with van der Waals surface area (Å²) in [5, 5.41) is 4.41. The van der Waals surface area contributed by atoms with Gasteiger partial charge in [-0.05, 0) is 43.2 Å². The van der Waals surface area contributed by atoms with E-state index in [1.165, 1.54) is 31.9 Å². The Kier molecular flexibility index (Phi) is 5.28. The van der Waals surface area contributed by atoms with E-state index in [1.807, 2.05) is 36.0 Å². The topological polar surface area (TPSA) is 38.3 Å². The second kappa shape index (κ2) is 6.96. The zero-order valence-corrected chi connectivity index (χ0v) is 12.3. The summed E-state index contributed by atoms with van der Waals surface area (Å²) < 4.78 is 4.68. The molecule has 0 heterocycles. The predicted octanol–water partition coefficient (Wildman–Crippen LogP) is 2.85. The molecule has 4 heteroatoms. The van der Waals surface area contributed by atoms with Gasteiger partial charge < -0.3 is 10.1 Å². The first-order chi connectivity index (χ1) is 9.22. The number of nitrogens with one attached hydrogen (secondary N) is 1. The van der Waals surface area contributed by atoms with Gasteiger partial charge in [-0.2, -0.15) is 11.8 Å². The summed E-state index contributed by atoms with van der Waals surface area (Å²) in [4.78, 5) is 11.3. The highest BCUT2D eigenvalue weighted by Crippen LogP contribution is 2.28. The molecule has 0 aliphatic heterocycles. The van der Waals surface area contributed by atoms with Crippen LogP contribution in [0, 0.1) is 0 Å². The highest BCUT2D eigenvalue weighted by Gasteiger charge is 2.23. The van der Waals surface area contributed by atoms with Gasteiger partial charge >= 0.3 is 5.97 Å². The van der Waals surface area contributed by atoms with Gasteiger partial charge in [-0.15, -0.1) is 0 Å². The molecular weight excluding hydrogens is 258 g/mol. The van der Waals surface area contributed by atoms with Gasteiger partial charge in [0.2, 0.25) is 0 Å². The maximum atomic E-state index is 11.3. The molecule has 0 aromatic heterocycles. The fraction of sp³-hybridized carbons (Fsp3) is 0.533.